The molecule has 76 valence electrons. The molecule has 2 rings (SSSR count). The van der Waals surface area contributed by atoms with Crippen molar-refractivity contribution in [1.82, 2.24) is 5.32 Å². The minimum atomic E-state index is 0.277. The maximum Gasteiger partial charge on any atom is 0.0445 e. The molecule has 1 unspecified atom stereocenters. The van der Waals surface area contributed by atoms with E-state index in [2.05, 4.69) is 30.4 Å². The van der Waals surface area contributed by atoms with E-state index < -0.39 is 0 Å². The Balaban J connectivity index is 2.16. The van der Waals surface area contributed by atoms with Gasteiger partial charge in [-0.1, -0.05) is 23.8 Å². The Morgan fingerprint density at radius 2 is 2.29 bits per heavy atom. The first-order chi connectivity index (χ1) is 6.79. The summed E-state index contributed by atoms with van der Waals surface area (Å²) >= 11 is 0. The van der Waals surface area contributed by atoms with Gasteiger partial charge in [-0.3, -0.25) is 0 Å². The van der Waals surface area contributed by atoms with E-state index in [1.807, 2.05) is 0 Å². The van der Waals surface area contributed by atoms with Gasteiger partial charge < -0.3 is 10.4 Å². The predicted octanol–water partition coefficient (Wildman–Crippen LogP) is 1.39. The number of nitrogens with one attached hydrogen (secondary N) is 1. The summed E-state index contributed by atoms with van der Waals surface area (Å²) in [5.74, 6) is 0. The Kier molecular flexibility index (Phi) is 2.85. The van der Waals surface area contributed by atoms with Crippen molar-refractivity contribution in [2.24, 2.45) is 0 Å². The van der Waals surface area contributed by atoms with Gasteiger partial charge >= 0.3 is 0 Å². The Bertz CT molecular complexity index is 322. The summed E-state index contributed by atoms with van der Waals surface area (Å²) in [6, 6.07) is 7.08. The fourth-order valence-electron chi connectivity index (χ4n) is 2.07. The molecule has 0 spiro atoms. The Morgan fingerprint density at radius 1 is 1.43 bits per heavy atom. The molecule has 2 nitrogen and oxygen atoms in total. The van der Waals surface area contributed by atoms with Gasteiger partial charge in [-0.05, 0) is 30.9 Å². The zero-order chi connectivity index (χ0) is 9.97. The lowest BCUT2D eigenvalue weighted by Crippen LogP contribution is -2.36. The van der Waals surface area contributed by atoms with Gasteiger partial charge in [-0.15, -0.1) is 0 Å². The average molecular weight is 191 g/mol. The van der Waals surface area contributed by atoms with Crippen molar-refractivity contribution in [3.8, 4) is 0 Å². The van der Waals surface area contributed by atoms with Gasteiger partial charge in [-0.2, -0.15) is 0 Å². The molecule has 1 aliphatic heterocycles. The second-order valence-electron chi connectivity index (χ2n) is 4.07. The topological polar surface area (TPSA) is 32.3 Å². The third kappa shape index (κ3) is 1.97. The third-order valence-electron chi connectivity index (χ3n) is 2.89. The smallest absolute Gasteiger partial charge is 0.0445 e. The molecule has 0 aliphatic carbocycles. The quantitative estimate of drug-likeness (QED) is 0.740. The highest BCUT2D eigenvalue weighted by atomic mass is 16.3. The van der Waals surface area contributed by atoms with E-state index in [4.69, 9.17) is 5.11 Å². The number of hydrogen-bond donors (Lipinski definition) is 2. The van der Waals surface area contributed by atoms with Crippen LogP contribution < -0.4 is 5.32 Å². The molecule has 0 saturated heterocycles. The molecule has 0 radical (unpaired) electrons. The molecule has 14 heavy (non-hydrogen) atoms. The lowest BCUT2D eigenvalue weighted by Gasteiger charge is -2.25. The highest BCUT2D eigenvalue weighted by molar-refractivity contribution is 5.33. The number of rotatable bonds is 2. The summed E-state index contributed by atoms with van der Waals surface area (Å²) in [6.07, 6.45) is 1.91. The zero-order valence-corrected chi connectivity index (χ0v) is 8.59. The van der Waals surface area contributed by atoms with E-state index >= 15 is 0 Å². The van der Waals surface area contributed by atoms with Gasteiger partial charge in [0.05, 0.1) is 0 Å². The maximum absolute atomic E-state index is 8.88. The van der Waals surface area contributed by atoms with Crippen LogP contribution in [0.2, 0.25) is 0 Å². The number of benzene rings is 1. The van der Waals surface area contributed by atoms with E-state index in [1.54, 1.807) is 0 Å². The second-order valence-corrected chi connectivity index (χ2v) is 4.07. The first-order valence-electron chi connectivity index (χ1n) is 5.22. The molecule has 2 N–H and O–H groups in total. The minimum absolute atomic E-state index is 0.277. The van der Waals surface area contributed by atoms with Crippen molar-refractivity contribution in [1.29, 1.82) is 0 Å². The zero-order valence-electron chi connectivity index (χ0n) is 8.59. The molecule has 1 aromatic carbocycles. The number of hydrogen-bond acceptors (Lipinski definition) is 2. The van der Waals surface area contributed by atoms with Crippen molar-refractivity contribution in [2.75, 3.05) is 6.61 Å². The van der Waals surface area contributed by atoms with Crippen LogP contribution in [0.3, 0.4) is 0 Å². The predicted molar refractivity (Wildman–Crippen MR) is 57.2 cm³/mol. The Labute approximate surface area is 85.0 Å². The second kappa shape index (κ2) is 4.11. The van der Waals surface area contributed by atoms with Crippen molar-refractivity contribution in [3.63, 3.8) is 0 Å². The first-order valence-corrected chi connectivity index (χ1v) is 5.22. The third-order valence-corrected chi connectivity index (χ3v) is 2.89. The van der Waals surface area contributed by atoms with Crippen LogP contribution in [0, 0.1) is 6.92 Å². The Morgan fingerprint density at radius 3 is 3.07 bits per heavy atom. The monoisotopic (exact) mass is 191 g/mol. The van der Waals surface area contributed by atoms with Crippen LogP contribution in [0.5, 0.6) is 0 Å². The van der Waals surface area contributed by atoms with Crippen LogP contribution in [0.25, 0.3) is 0 Å². The Hall–Kier alpha value is -0.860. The SMILES string of the molecule is Cc1ccc2c(c1)CC(CCO)NC2. The molecule has 0 aromatic heterocycles. The highest BCUT2D eigenvalue weighted by Gasteiger charge is 2.16. The lowest BCUT2D eigenvalue weighted by atomic mass is 9.93. The van der Waals surface area contributed by atoms with Crippen LogP contribution in [-0.2, 0) is 13.0 Å². The van der Waals surface area contributed by atoms with E-state index in [-0.39, 0.29) is 6.61 Å². The standard InChI is InChI=1S/C12H17NO/c1-9-2-3-10-8-13-12(4-5-14)7-11(10)6-9/h2-3,6,12-14H,4-5,7-8H2,1H3. The van der Waals surface area contributed by atoms with Crippen LogP contribution in [0.1, 0.15) is 23.1 Å². The molecule has 0 saturated carbocycles. The average Bonchev–Trinajstić information content (AvgIpc) is 2.17. The molecule has 1 aromatic rings. The largest absolute Gasteiger partial charge is 0.396 e. The van der Waals surface area contributed by atoms with Crippen LogP contribution in [0.4, 0.5) is 0 Å². The molecule has 0 fully saturated rings. The highest BCUT2D eigenvalue weighted by Crippen LogP contribution is 2.19. The van der Waals surface area contributed by atoms with Gasteiger partial charge in [0.2, 0.25) is 0 Å². The minimum Gasteiger partial charge on any atom is -0.396 e. The van der Waals surface area contributed by atoms with Crippen LogP contribution in [-0.4, -0.2) is 17.8 Å². The normalized spacial score (nSPS) is 20.6. The van der Waals surface area contributed by atoms with Crippen molar-refractivity contribution in [2.45, 2.75) is 32.4 Å². The van der Waals surface area contributed by atoms with Gasteiger partial charge in [0.1, 0.15) is 0 Å². The summed E-state index contributed by atoms with van der Waals surface area (Å²) in [5, 5.41) is 12.3. The first kappa shape index (κ1) is 9.69. The molecule has 1 atom stereocenters. The summed E-state index contributed by atoms with van der Waals surface area (Å²) in [6.45, 7) is 3.35. The number of aliphatic hydroxyl groups excluding tert-OH is 1. The van der Waals surface area contributed by atoms with Gasteiger partial charge in [0.25, 0.3) is 0 Å². The maximum atomic E-state index is 8.88. The molecule has 1 heterocycles. The van der Waals surface area contributed by atoms with E-state index in [9.17, 15) is 0 Å². The number of aliphatic hydroxyl groups is 1. The van der Waals surface area contributed by atoms with Crippen molar-refractivity contribution < 1.29 is 5.11 Å². The lowest BCUT2D eigenvalue weighted by molar-refractivity contribution is 0.260. The summed E-state index contributed by atoms with van der Waals surface area (Å²) < 4.78 is 0. The summed E-state index contributed by atoms with van der Waals surface area (Å²) in [4.78, 5) is 0. The summed E-state index contributed by atoms with van der Waals surface area (Å²) in [7, 11) is 0. The molecule has 2 heteroatoms. The van der Waals surface area contributed by atoms with Crippen molar-refractivity contribution >= 4 is 0 Å². The molecular weight excluding hydrogens is 174 g/mol. The van der Waals surface area contributed by atoms with Crippen LogP contribution >= 0.6 is 0 Å². The van der Waals surface area contributed by atoms with Crippen LogP contribution in [0.15, 0.2) is 18.2 Å². The molecule has 1 aliphatic rings. The number of fused-ring (bicyclic) bond motifs is 1. The van der Waals surface area contributed by atoms with E-state index in [1.165, 1.54) is 16.7 Å². The van der Waals surface area contributed by atoms with Crippen molar-refractivity contribution in [3.05, 3.63) is 34.9 Å². The van der Waals surface area contributed by atoms with E-state index in [0.29, 0.717) is 6.04 Å². The van der Waals surface area contributed by atoms with Gasteiger partial charge in [0.15, 0.2) is 0 Å². The molecule has 0 amide bonds. The molecule has 0 bridgehead atoms. The van der Waals surface area contributed by atoms with E-state index in [0.717, 1.165) is 19.4 Å². The summed E-state index contributed by atoms with van der Waals surface area (Å²) in [5.41, 5.74) is 4.18. The fraction of sp³-hybridized carbons (Fsp3) is 0.500. The number of aryl methyl sites for hydroxylation is 1. The van der Waals surface area contributed by atoms with Gasteiger partial charge in [0, 0.05) is 19.2 Å². The van der Waals surface area contributed by atoms with Gasteiger partial charge in [-0.25, -0.2) is 0 Å². The fourth-order valence-corrected chi connectivity index (χ4v) is 2.07. The molecular formula is C12H17NO.